The molecule has 6 nitrogen and oxygen atoms in total. The lowest BCUT2D eigenvalue weighted by atomic mass is 10.0. The first-order valence-electron chi connectivity index (χ1n) is 24.2. The van der Waals surface area contributed by atoms with Crippen LogP contribution in [0, 0.1) is 11.8 Å². The summed E-state index contributed by atoms with van der Waals surface area (Å²) in [7, 11) is 0. The van der Waals surface area contributed by atoms with Gasteiger partial charge in [0.15, 0.2) is 6.10 Å². The van der Waals surface area contributed by atoms with Crippen LogP contribution < -0.4 is 0 Å². The van der Waals surface area contributed by atoms with Gasteiger partial charge in [0.05, 0.1) is 0 Å². The van der Waals surface area contributed by atoms with Crippen molar-refractivity contribution < 1.29 is 28.6 Å². The van der Waals surface area contributed by atoms with Crippen LogP contribution in [0.4, 0.5) is 0 Å². The molecule has 326 valence electrons. The largest absolute Gasteiger partial charge is 0.462 e. The van der Waals surface area contributed by atoms with Crippen molar-refractivity contribution in [2.75, 3.05) is 13.2 Å². The average molecular weight is 779 g/mol. The molecule has 55 heavy (non-hydrogen) atoms. The van der Waals surface area contributed by atoms with E-state index in [1.807, 2.05) is 0 Å². The summed E-state index contributed by atoms with van der Waals surface area (Å²) in [6.45, 7) is 11.3. The number of unbranched alkanes of at least 4 members (excludes halogenated alkanes) is 28. The summed E-state index contributed by atoms with van der Waals surface area (Å²) in [5.41, 5.74) is 0. The Labute approximate surface area is 342 Å². The zero-order valence-electron chi connectivity index (χ0n) is 37.6. The van der Waals surface area contributed by atoms with Gasteiger partial charge in [-0.2, -0.15) is 0 Å². The van der Waals surface area contributed by atoms with Crippen LogP contribution in [0.25, 0.3) is 0 Å². The van der Waals surface area contributed by atoms with Gasteiger partial charge in [-0.3, -0.25) is 14.4 Å². The van der Waals surface area contributed by atoms with Crippen LogP contribution in [0.5, 0.6) is 0 Å². The van der Waals surface area contributed by atoms with Crippen LogP contribution in [0.3, 0.4) is 0 Å². The van der Waals surface area contributed by atoms with Gasteiger partial charge < -0.3 is 14.2 Å². The molecule has 0 aliphatic carbocycles. The fourth-order valence-corrected chi connectivity index (χ4v) is 7.28. The maximum absolute atomic E-state index is 12.7. The van der Waals surface area contributed by atoms with Gasteiger partial charge in [-0.25, -0.2) is 0 Å². The van der Waals surface area contributed by atoms with Crippen LogP contribution in [0.1, 0.15) is 266 Å². The number of rotatable bonds is 43. The Morgan fingerprint density at radius 2 is 0.600 bits per heavy atom. The van der Waals surface area contributed by atoms with Gasteiger partial charge in [0.1, 0.15) is 13.2 Å². The van der Waals surface area contributed by atoms with Crippen molar-refractivity contribution >= 4 is 17.9 Å². The van der Waals surface area contributed by atoms with Crippen molar-refractivity contribution in [3.05, 3.63) is 0 Å². The van der Waals surface area contributed by atoms with Gasteiger partial charge in [-0.05, 0) is 31.1 Å². The second kappa shape index (κ2) is 42.0. The summed E-state index contributed by atoms with van der Waals surface area (Å²) in [6, 6.07) is 0. The van der Waals surface area contributed by atoms with E-state index in [0.717, 1.165) is 69.6 Å². The molecule has 0 heterocycles. The Balaban J connectivity index is 4.28. The van der Waals surface area contributed by atoms with Crippen molar-refractivity contribution in [2.24, 2.45) is 11.8 Å². The molecular weight excluding hydrogens is 685 g/mol. The number of carbonyl (C=O) groups excluding carboxylic acids is 3. The third-order valence-corrected chi connectivity index (χ3v) is 11.0. The number of hydrogen-bond acceptors (Lipinski definition) is 6. The quantitative estimate of drug-likeness (QED) is 0.0348. The van der Waals surface area contributed by atoms with Crippen molar-refractivity contribution in [3.63, 3.8) is 0 Å². The normalized spacial score (nSPS) is 12.1. The molecule has 0 amide bonds. The van der Waals surface area contributed by atoms with Gasteiger partial charge in [0.2, 0.25) is 0 Å². The minimum atomic E-state index is -0.760. The van der Waals surface area contributed by atoms with Crippen LogP contribution in [0.2, 0.25) is 0 Å². The summed E-state index contributed by atoms with van der Waals surface area (Å²) in [6.07, 6.45) is 41.0. The summed E-state index contributed by atoms with van der Waals surface area (Å²) < 4.78 is 16.7. The van der Waals surface area contributed by atoms with Crippen LogP contribution in [-0.2, 0) is 28.6 Å². The second-order valence-corrected chi connectivity index (χ2v) is 17.7. The van der Waals surface area contributed by atoms with Gasteiger partial charge in [0, 0.05) is 19.3 Å². The minimum absolute atomic E-state index is 0.0648. The van der Waals surface area contributed by atoms with Crippen LogP contribution in [0.15, 0.2) is 0 Å². The van der Waals surface area contributed by atoms with Gasteiger partial charge in [0.25, 0.3) is 0 Å². The molecular formula is C49H94O6. The molecule has 0 unspecified atom stereocenters. The zero-order valence-corrected chi connectivity index (χ0v) is 37.6. The Bertz CT molecular complexity index is 839. The highest BCUT2D eigenvalue weighted by atomic mass is 16.6. The molecule has 0 saturated carbocycles. The van der Waals surface area contributed by atoms with E-state index in [1.165, 1.54) is 154 Å². The first-order valence-corrected chi connectivity index (χ1v) is 24.2. The highest BCUT2D eigenvalue weighted by molar-refractivity contribution is 5.71. The molecule has 0 saturated heterocycles. The van der Waals surface area contributed by atoms with E-state index in [4.69, 9.17) is 14.2 Å². The standard InChI is InChI=1S/C49H94O6/c1-6-7-8-9-10-11-19-24-29-34-39-47(50)53-42-46(43-54-48(51)40-35-30-26-21-23-28-33-38-45(4)5)55-49(52)41-36-31-25-20-17-15-13-12-14-16-18-22-27-32-37-44(2)3/h44-46H,6-43H2,1-5H3/t46-/m1/s1. The Morgan fingerprint density at radius 3 is 0.891 bits per heavy atom. The van der Waals surface area contributed by atoms with E-state index < -0.39 is 6.10 Å². The summed E-state index contributed by atoms with van der Waals surface area (Å²) >= 11 is 0. The van der Waals surface area contributed by atoms with E-state index in [1.54, 1.807) is 0 Å². The van der Waals surface area contributed by atoms with Crippen molar-refractivity contribution in [1.82, 2.24) is 0 Å². The van der Waals surface area contributed by atoms with Gasteiger partial charge in [-0.1, -0.05) is 227 Å². The van der Waals surface area contributed by atoms with Crippen LogP contribution in [-0.4, -0.2) is 37.2 Å². The number of ether oxygens (including phenoxy) is 3. The first-order chi connectivity index (χ1) is 26.7. The number of hydrogen-bond donors (Lipinski definition) is 0. The number of esters is 3. The Morgan fingerprint density at radius 1 is 0.345 bits per heavy atom. The highest BCUT2D eigenvalue weighted by Gasteiger charge is 2.19. The lowest BCUT2D eigenvalue weighted by molar-refractivity contribution is -0.167. The average Bonchev–Trinajstić information content (AvgIpc) is 3.15. The topological polar surface area (TPSA) is 78.9 Å². The minimum Gasteiger partial charge on any atom is -0.462 e. The van der Waals surface area contributed by atoms with E-state index >= 15 is 0 Å². The zero-order chi connectivity index (χ0) is 40.5. The third-order valence-electron chi connectivity index (χ3n) is 11.0. The molecule has 1 atom stereocenters. The molecule has 6 heteroatoms. The lowest BCUT2D eigenvalue weighted by Gasteiger charge is -2.18. The SMILES string of the molecule is CCCCCCCCCCCCC(=O)OC[C@H](COC(=O)CCCCCCCCCC(C)C)OC(=O)CCCCCCCCCCCCCCCCC(C)C. The van der Waals surface area contributed by atoms with E-state index in [-0.39, 0.29) is 31.1 Å². The Kier molecular flexibility index (Phi) is 40.8. The predicted molar refractivity (Wildman–Crippen MR) is 233 cm³/mol. The molecule has 0 fully saturated rings. The molecule has 0 spiro atoms. The fourth-order valence-electron chi connectivity index (χ4n) is 7.28. The van der Waals surface area contributed by atoms with Crippen molar-refractivity contribution in [1.29, 1.82) is 0 Å². The third kappa shape index (κ3) is 43.4. The molecule has 0 bridgehead atoms. The highest BCUT2D eigenvalue weighted by Crippen LogP contribution is 2.17. The summed E-state index contributed by atoms with van der Waals surface area (Å²) in [4.78, 5) is 37.7. The molecule has 0 rings (SSSR count). The molecule has 0 aromatic rings. The maximum atomic E-state index is 12.7. The first kappa shape index (κ1) is 53.4. The maximum Gasteiger partial charge on any atom is 0.306 e. The molecule has 0 aliphatic heterocycles. The smallest absolute Gasteiger partial charge is 0.306 e. The van der Waals surface area contributed by atoms with E-state index in [0.29, 0.717) is 19.3 Å². The van der Waals surface area contributed by atoms with E-state index in [2.05, 4.69) is 34.6 Å². The number of carbonyl (C=O) groups is 3. The lowest BCUT2D eigenvalue weighted by Crippen LogP contribution is -2.30. The molecule has 0 N–H and O–H groups in total. The van der Waals surface area contributed by atoms with Gasteiger partial charge >= 0.3 is 17.9 Å². The molecule has 0 aromatic heterocycles. The van der Waals surface area contributed by atoms with Crippen molar-refractivity contribution in [2.45, 2.75) is 272 Å². The fraction of sp³-hybridized carbons (Fsp3) is 0.939. The summed E-state index contributed by atoms with van der Waals surface area (Å²) in [5.74, 6) is 0.768. The monoisotopic (exact) mass is 779 g/mol. The van der Waals surface area contributed by atoms with Gasteiger partial charge in [-0.15, -0.1) is 0 Å². The molecule has 0 aromatic carbocycles. The van der Waals surface area contributed by atoms with Crippen molar-refractivity contribution in [3.8, 4) is 0 Å². The van der Waals surface area contributed by atoms with E-state index in [9.17, 15) is 14.4 Å². The molecule has 0 radical (unpaired) electrons. The predicted octanol–water partition coefficient (Wildman–Crippen LogP) is 15.4. The summed E-state index contributed by atoms with van der Waals surface area (Å²) in [5, 5.41) is 0. The molecule has 0 aliphatic rings. The Hall–Kier alpha value is -1.59. The van der Waals surface area contributed by atoms with Crippen LogP contribution >= 0.6 is 0 Å². The second-order valence-electron chi connectivity index (χ2n) is 17.7.